The third kappa shape index (κ3) is 4.45. The Balaban J connectivity index is 1.57. The number of benzene rings is 2. The van der Waals surface area contributed by atoms with E-state index in [9.17, 15) is 9.59 Å². The van der Waals surface area contributed by atoms with Crippen LogP contribution in [-0.4, -0.2) is 26.0 Å². The molecule has 0 aliphatic heterocycles. The molecule has 0 aliphatic carbocycles. The summed E-state index contributed by atoms with van der Waals surface area (Å²) >= 11 is 14.6. The summed E-state index contributed by atoms with van der Waals surface area (Å²) in [5.41, 5.74) is 13.9. The molecule has 2 aromatic carbocycles. The highest BCUT2D eigenvalue weighted by molar-refractivity contribution is 7.40. The topological polar surface area (TPSA) is 129 Å². The molecule has 4 aromatic rings. The van der Waals surface area contributed by atoms with Crippen LogP contribution in [0, 0.1) is 0 Å². The molecule has 0 aliphatic rings. The lowest BCUT2D eigenvalue weighted by Gasteiger charge is -2.08. The first-order valence-corrected chi connectivity index (χ1v) is 12.0. The fourth-order valence-electron chi connectivity index (χ4n) is 3.21. The zero-order chi connectivity index (χ0) is 24.6. The fourth-order valence-corrected chi connectivity index (χ4v) is 6.12. The fraction of sp³-hybridized carbons (Fsp3) is 0.0909. The van der Waals surface area contributed by atoms with Gasteiger partial charge in [0.2, 0.25) is 0 Å². The lowest BCUT2D eigenvalue weighted by Crippen LogP contribution is -2.13. The Hall–Kier alpha value is -3.18. The van der Waals surface area contributed by atoms with E-state index in [-0.39, 0.29) is 21.1 Å². The molecule has 0 radical (unpaired) electrons. The van der Waals surface area contributed by atoms with Crippen LogP contribution in [0.25, 0.3) is 9.40 Å². The van der Waals surface area contributed by atoms with E-state index in [2.05, 4.69) is 10.6 Å². The molecule has 2 amide bonds. The highest BCUT2D eigenvalue weighted by atomic mass is 35.5. The third-order valence-electron chi connectivity index (χ3n) is 4.85. The van der Waals surface area contributed by atoms with Crippen LogP contribution in [0.1, 0.15) is 19.3 Å². The maximum atomic E-state index is 12.8. The van der Waals surface area contributed by atoms with Crippen LogP contribution >= 0.6 is 45.9 Å². The van der Waals surface area contributed by atoms with E-state index >= 15 is 0 Å². The van der Waals surface area contributed by atoms with Crippen LogP contribution in [0.5, 0.6) is 11.5 Å². The number of carbonyl (C=O) groups is 2. The molecule has 34 heavy (non-hydrogen) atoms. The summed E-state index contributed by atoms with van der Waals surface area (Å²) in [5, 5.41) is 6.72. The van der Waals surface area contributed by atoms with E-state index in [1.54, 1.807) is 36.4 Å². The Morgan fingerprint density at radius 1 is 0.794 bits per heavy atom. The molecule has 0 spiro atoms. The molecule has 0 bridgehead atoms. The summed E-state index contributed by atoms with van der Waals surface area (Å²) in [6.45, 7) is 0. The average molecular weight is 537 g/mol. The van der Waals surface area contributed by atoms with Crippen molar-refractivity contribution in [3.8, 4) is 11.5 Å². The van der Waals surface area contributed by atoms with Crippen molar-refractivity contribution in [3.63, 3.8) is 0 Å². The molecular weight excluding hydrogens is 519 g/mol. The molecule has 0 saturated carbocycles. The number of hydrogen-bond donors (Lipinski definition) is 4. The first-order valence-electron chi connectivity index (χ1n) is 9.63. The molecule has 4 rings (SSSR count). The first-order chi connectivity index (χ1) is 16.2. The molecule has 12 heteroatoms. The number of hydrogen-bond acceptors (Lipinski definition) is 8. The number of amides is 2. The van der Waals surface area contributed by atoms with Gasteiger partial charge < -0.3 is 31.6 Å². The molecule has 2 heterocycles. The summed E-state index contributed by atoms with van der Waals surface area (Å²) in [6.07, 6.45) is 0. The molecular formula is C22H18Cl2N4O4S2. The van der Waals surface area contributed by atoms with Crippen LogP contribution < -0.4 is 31.6 Å². The third-order valence-corrected chi connectivity index (χ3v) is 7.94. The Morgan fingerprint density at radius 2 is 1.21 bits per heavy atom. The van der Waals surface area contributed by atoms with Crippen molar-refractivity contribution in [2.75, 3.05) is 36.3 Å². The summed E-state index contributed by atoms with van der Waals surface area (Å²) in [6, 6.07) is 9.77. The number of nitrogen functional groups attached to an aromatic ring is 2. The number of rotatable bonds is 6. The standard InChI is InChI=1S/C22H18Cl2N4O4S2/c1-31-13-5-3-9(7-11(13)23)27-20(29)18-16(25)15-17(26)19(34-22(15)33-18)21(30)28-10-4-6-14(32-2)12(24)8-10/h3-8H,25-26H2,1-2H3,(H,27,29)(H,28,30). The number of halogens is 2. The van der Waals surface area contributed by atoms with Gasteiger partial charge in [-0.2, -0.15) is 0 Å². The van der Waals surface area contributed by atoms with Crippen molar-refractivity contribution in [2.24, 2.45) is 0 Å². The van der Waals surface area contributed by atoms with Crippen LogP contribution in [0.4, 0.5) is 22.7 Å². The number of methoxy groups -OCH3 is 2. The van der Waals surface area contributed by atoms with Crippen molar-refractivity contribution in [1.29, 1.82) is 0 Å². The van der Waals surface area contributed by atoms with Gasteiger partial charge in [0.05, 0.1) is 45.0 Å². The number of ether oxygens (including phenoxy) is 2. The van der Waals surface area contributed by atoms with Gasteiger partial charge in [-0.1, -0.05) is 23.2 Å². The van der Waals surface area contributed by atoms with Gasteiger partial charge >= 0.3 is 0 Å². The SMILES string of the molecule is COc1ccc(NC(=O)c2sc3sc(C(=O)Nc4ccc(OC)c(Cl)c4)c(N)c3c2N)cc1Cl. The summed E-state index contributed by atoms with van der Waals surface area (Å²) in [4.78, 5) is 26.2. The van der Waals surface area contributed by atoms with E-state index in [4.69, 9.17) is 44.1 Å². The van der Waals surface area contributed by atoms with E-state index in [0.29, 0.717) is 42.3 Å². The number of anilines is 4. The molecule has 0 unspecified atom stereocenters. The maximum Gasteiger partial charge on any atom is 0.267 e. The minimum absolute atomic E-state index is 0.206. The first kappa shape index (κ1) is 24.0. The minimum atomic E-state index is -0.412. The van der Waals surface area contributed by atoms with Gasteiger partial charge in [-0.3, -0.25) is 9.59 Å². The van der Waals surface area contributed by atoms with Gasteiger partial charge in [-0.25, -0.2) is 0 Å². The number of nitrogens with one attached hydrogen (secondary N) is 2. The van der Waals surface area contributed by atoms with Crippen molar-refractivity contribution in [1.82, 2.24) is 0 Å². The second-order valence-corrected chi connectivity index (χ2v) is 10.1. The molecule has 176 valence electrons. The van der Waals surface area contributed by atoms with E-state index < -0.39 is 11.8 Å². The van der Waals surface area contributed by atoms with E-state index in [1.807, 2.05) is 0 Å². The van der Waals surface area contributed by atoms with Crippen LogP contribution in [0.2, 0.25) is 10.0 Å². The van der Waals surface area contributed by atoms with E-state index in [0.717, 1.165) is 22.7 Å². The van der Waals surface area contributed by atoms with E-state index in [1.165, 1.54) is 14.2 Å². The highest BCUT2D eigenvalue weighted by Gasteiger charge is 2.25. The van der Waals surface area contributed by atoms with Gasteiger partial charge in [0.25, 0.3) is 11.8 Å². The van der Waals surface area contributed by atoms with Crippen LogP contribution in [0.15, 0.2) is 36.4 Å². The molecule has 0 saturated heterocycles. The van der Waals surface area contributed by atoms with Gasteiger partial charge in [0, 0.05) is 11.4 Å². The molecule has 2 aromatic heterocycles. The summed E-state index contributed by atoms with van der Waals surface area (Å²) < 4.78 is 10.9. The Labute approximate surface area is 212 Å². The zero-order valence-corrected chi connectivity index (χ0v) is 21.0. The summed E-state index contributed by atoms with van der Waals surface area (Å²) in [7, 11) is 3.01. The largest absolute Gasteiger partial charge is 0.495 e. The van der Waals surface area contributed by atoms with Crippen molar-refractivity contribution in [3.05, 3.63) is 56.2 Å². The predicted octanol–water partition coefficient (Wildman–Crippen LogP) is 5.96. The smallest absolute Gasteiger partial charge is 0.267 e. The number of fused-ring (bicyclic) bond motifs is 1. The minimum Gasteiger partial charge on any atom is -0.495 e. The monoisotopic (exact) mass is 536 g/mol. The second-order valence-electron chi connectivity index (χ2n) is 6.96. The lowest BCUT2D eigenvalue weighted by atomic mass is 10.2. The Kier molecular flexibility index (Phi) is 6.76. The van der Waals surface area contributed by atoms with Crippen LogP contribution in [0.3, 0.4) is 0 Å². The van der Waals surface area contributed by atoms with Gasteiger partial charge in [0.15, 0.2) is 0 Å². The maximum absolute atomic E-state index is 12.8. The Morgan fingerprint density at radius 3 is 1.53 bits per heavy atom. The zero-order valence-electron chi connectivity index (χ0n) is 17.8. The average Bonchev–Trinajstić information content (AvgIpc) is 3.30. The second kappa shape index (κ2) is 9.59. The van der Waals surface area contributed by atoms with Gasteiger partial charge in [-0.15, -0.1) is 22.7 Å². The quantitative estimate of drug-likeness (QED) is 0.240. The van der Waals surface area contributed by atoms with Crippen molar-refractivity contribution >= 4 is 89.8 Å². The van der Waals surface area contributed by atoms with Crippen molar-refractivity contribution < 1.29 is 19.1 Å². The number of thiophene rings is 2. The van der Waals surface area contributed by atoms with Crippen LogP contribution in [-0.2, 0) is 0 Å². The van der Waals surface area contributed by atoms with Crippen molar-refractivity contribution in [2.45, 2.75) is 0 Å². The molecule has 0 fully saturated rings. The summed E-state index contributed by atoms with van der Waals surface area (Å²) in [5.74, 6) is 0.161. The molecule has 6 N–H and O–H groups in total. The van der Waals surface area contributed by atoms with Gasteiger partial charge in [-0.05, 0) is 36.4 Å². The Bertz CT molecular complexity index is 1330. The number of carbonyl (C=O) groups excluding carboxylic acids is 2. The molecule has 8 nitrogen and oxygen atoms in total. The predicted molar refractivity (Wildman–Crippen MR) is 140 cm³/mol. The highest BCUT2D eigenvalue weighted by Crippen LogP contribution is 2.45. The normalized spacial score (nSPS) is 10.8. The molecule has 0 atom stereocenters. The van der Waals surface area contributed by atoms with Gasteiger partial charge in [0.1, 0.15) is 21.3 Å². The lowest BCUT2D eigenvalue weighted by molar-refractivity contribution is 0.102. The number of nitrogens with two attached hydrogens (primary N) is 2.